The lowest BCUT2D eigenvalue weighted by Gasteiger charge is -2.00. The van der Waals surface area contributed by atoms with Gasteiger partial charge in [0.05, 0.1) is 16.6 Å². The molecule has 0 radical (unpaired) electrons. The lowest BCUT2D eigenvalue weighted by Crippen LogP contribution is -1.95. The molecule has 72 valence electrons. The van der Waals surface area contributed by atoms with Gasteiger partial charge < -0.3 is 5.11 Å². The molecule has 14 heavy (non-hydrogen) atoms. The third-order valence-electron chi connectivity index (χ3n) is 2.85. The summed E-state index contributed by atoms with van der Waals surface area (Å²) in [6.07, 6.45) is 2.45. The maximum Gasteiger partial charge on any atom is 0.126 e. The Balaban J connectivity index is 2.39. The monoisotopic (exact) mass is 188 g/mol. The molecule has 3 rings (SSSR count). The van der Waals surface area contributed by atoms with Crippen LogP contribution in [0.5, 0.6) is 5.75 Å². The number of aromatic nitrogens is 2. The molecule has 2 aromatic rings. The average molecular weight is 188 g/mol. The summed E-state index contributed by atoms with van der Waals surface area (Å²) in [5.74, 6) is 0.968. The molecule has 1 aromatic carbocycles. The van der Waals surface area contributed by atoms with Crippen molar-refractivity contribution in [1.29, 1.82) is 0 Å². The number of phenols is 1. The maximum absolute atomic E-state index is 9.79. The van der Waals surface area contributed by atoms with Gasteiger partial charge in [-0.1, -0.05) is 6.07 Å². The molecule has 3 nitrogen and oxygen atoms in total. The van der Waals surface area contributed by atoms with Crippen LogP contribution in [0.1, 0.15) is 24.5 Å². The summed E-state index contributed by atoms with van der Waals surface area (Å²) in [6.45, 7) is 0. The van der Waals surface area contributed by atoms with Gasteiger partial charge in [-0.25, -0.2) is 0 Å². The van der Waals surface area contributed by atoms with Crippen LogP contribution in [-0.2, 0) is 7.05 Å². The molecule has 3 heteroatoms. The van der Waals surface area contributed by atoms with Crippen molar-refractivity contribution in [3.8, 4) is 5.75 Å². The van der Waals surface area contributed by atoms with E-state index in [0.717, 1.165) is 10.9 Å². The second kappa shape index (κ2) is 2.50. The van der Waals surface area contributed by atoms with E-state index in [1.165, 1.54) is 18.5 Å². The van der Waals surface area contributed by atoms with Crippen LogP contribution in [-0.4, -0.2) is 14.9 Å². The van der Waals surface area contributed by atoms with E-state index in [2.05, 4.69) is 5.10 Å². The van der Waals surface area contributed by atoms with Gasteiger partial charge >= 0.3 is 0 Å². The Labute approximate surface area is 82.0 Å². The highest BCUT2D eigenvalue weighted by molar-refractivity contribution is 5.88. The topological polar surface area (TPSA) is 38.0 Å². The zero-order valence-corrected chi connectivity index (χ0v) is 8.07. The minimum atomic E-state index is 0.359. The largest absolute Gasteiger partial charge is 0.507 e. The quantitative estimate of drug-likeness (QED) is 0.744. The smallest absolute Gasteiger partial charge is 0.126 e. The fraction of sp³-hybridized carbons (Fsp3) is 0.364. The maximum atomic E-state index is 9.79. The molecule has 1 fully saturated rings. The van der Waals surface area contributed by atoms with Crippen LogP contribution in [0.15, 0.2) is 18.2 Å². The summed E-state index contributed by atoms with van der Waals surface area (Å²) in [6, 6.07) is 5.51. The van der Waals surface area contributed by atoms with Gasteiger partial charge in [0.25, 0.3) is 0 Å². The van der Waals surface area contributed by atoms with Crippen molar-refractivity contribution in [1.82, 2.24) is 9.78 Å². The number of benzene rings is 1. The normalized spacial score (nSPS) is 16.4. The highest BCUT2D eigenvalue weighted by Crippen LogP contribution is 2.44. The Morgan fingerprint density at radius 1 is 1.43 bits per heavy atom. The predicted molar refractivity (Wildman–Crippen MR) is 54.4 cm³/mol. The SMILES string of the molecule is Cn1nc2cccc(O)c2c1C1CC1. The number of aromatic hydroxyl groups is 1. The van der Waals surface area contributed by atoms with Gasteiger partial charge in [0, 0.05) is 13.0 Å². The molecule has 0 saturated heterocycles. The van der Waals surface area contributed by atoms with Gasteiger partial charge in [0.15, 0.2) is 0 Å². The van der Waals surface area contributed by atoms with Crippen LogP contribution in [0.25, 0.3) is 10.9 Å². The summed E-state index contributed by atoms with van der Waals surface area (Å²) in [5, 5.41) is 15.1. The second-order valence-corrected chi connectivity index (χ2v) is 3.95. The number of hydrogen-bond donors (Lipinski definition) is 1. The van der Waals surface area contributed by atoms with Crippen molar-refractivity contribution in [3.05, 3.63) is 23.9 Å². The van der Waals surface area contributed by atoms with E-state index in [0.29, 0.717) is 11.7 Å². The Bertz CT molecular complexity index is 497. The molecule has 0 bridgehead atoms. The summed E-state index contributed by atoms with van der Waals surface area (Å²) in [4.78, 5) is 0. The minimum Gasteiger partial charge on any atom is -0.507 e. The number of aryl methyl sites for hydroxylation is 1. The van der Waals surface area contributed by atoms with Crippen LogP contribution >= 0.6 is 0 Å². The first-order valence-corrected chi connectivity index (χ1v) is 4.92. The first-order valence-electron chi connectivity index (χ1n) is 4.92. The molecule has 0 unspecified atom stereocenters. The molecule has 1 aliphatic carbocycles. The molecule has 0 amide bonds. The summed E-state index contributed by atoms with van der Waals surface area (Å²) in [5.41, 5.74) is 2.09. The first kappa shape index (κ1) is 7.85. The Morgan fingerprint density at radius 2 is 2.21 bits per heavy atom. The van der Waals surface area contributed by atoms with E-state index < -0.39 is 0 Å². The summed E-state index contributed by atoms with van der Waals surface area (Å²) in [7, 11) is 1.95. The minimum absolute atomic E-state index is 0.359. The third kappa shape index (κ3) is 0.953. The standard InChI is InChI=1S/C11H12N2O/c1-13-11(7-5-6-7)10-8(12-13)3-2-4-9(10)14/h2-4,7,14H,5-6H2,1H3. The fourth-order valence-corrected chi connectivity index (χ4v) is 2.08. The third-order valence-corrected chi connectivity index (χ3v) is 2.85. The van der Waals surface area contributed by atoms with Crippen LogP contribution in [0.4, 0.5) is 0 Å². The van der Waals surface area contributed by atoms with Gasteiger partial charge in [-0.3, -0.25) is 4.68 Å². The lowest BCUT2D eigenvalue weighted by atomic mass is 10.1. The van der Waals surface area contributed by atoms with Crippen molar-refractivity contribution in [3.63, 3.8) is 0 Å². The molecular weight excluding hydrogens is 176 g/mol. The van der Waals surface area contributed by atoms with Crippen LogP contribution in [0.3, 0.4) is 0 Å². The Hall–Kier alpha value is -1.51. The van der Waals surface area contributed by atoms with Crippen LogP contribution in [0, 0.1) is 0 Å². The zero-order chi connectivity index (χ0) is 9.71. The molecule has 1 aromatic heterocycles. The van der Waals surface area contributed by atoms with Gasteiger partial charge in [-0.2, -0.15) is 5.10 Å². The first-order chi connectivity index (χ1) is 6.77. The number of fused-ring (bicyclic) bond motifs is 1. The van der Waals surface area contributed by atoms with Gasteiger partial charge in [0.1, 0.15) is 5.75 Å². The van der Waals surface area contributed by atoms with E-state index in [1.54, 1.807) is 6.07 Å². The van der Waals surface area contributed by atoms with E-state index in [4.69, 9.17) is 0 Å². The predicted octanol–water partition coefficient (Wildman–Crippen LogP) is 2.16. The Morgan fingerprint density at radius 3 is 2.93 bits per heavy atom. The van der Waals surface area contributed by atoms with Crippen LogP contribution in [0.2, 0.25) is 0 Å². The van der Waals surface area contributed by atoms with E-state index >= 15 is 0 Å². The van der Waals surface area contributed by atoms with Gasteiger partial charge in [0.2, 0.25) is 0 Å². The number of phenolic OH excluding ortho intramolecular Hbond substituents is 1. The van der Waals surface area contributed by atoms with E-state index in [1.807, 2.05) is 23.9 Å². The van der Waals surface area contributed by atoms with Crippen molar-refractivity contribution in [2.45, 2.75) is 18.8 Å². The molecule has 1 heterocycles. The second-order valence-electron chi connectivity index (χ2n) is 3.95. The van der Waals surface area contributed by atoms with E-state index in [-0.39, 0.29) is 0 Å². The molecule has 1 aliphatic rings. The van der Waals surface area contributed by atoms with Crippen molar-refractivity contribution in [2.24, 2.45) is 7.05 Å². The molecular formula is C11H12N2O. The zero-order valence-electron chi connectivity index (χ0n) is 8.07. The Kier molecular flexibility index (Phi) is 1.40. The summed E-state index contributed by atoms with van der Waals surface area (Å²) < 4.78 is 1.90. The molecule has 1 N–H and O–H groups in total. The van der Waals surface area contributed by atoms with Gasteiger partial charge in [-0.15, -0.1) is 0 Å². The molecule has 0 spiro atoms. The van der Waals surface area contributed by atoms with Crippen LogP contribution < -0.4 is 0 Å². The van der Waals surface area contributed by atoms with E-state index in [9.17, 15) is 5.11 Å². The summed E-state index contributed by atoms with van der Waals surface area (Å²) >= 11 is 0. The lowest BCUT2D eigenvalue weighted by molar-refractivity contribution is 0.481. The molecule has 0 atom stereocenters. The molecule has 1 saturated carbocycles. The van der Waals surface area contributed by atoms with Gasteiger partial charge in [-0.05, 0) is 25.0 Å². The highest BCUT2D eigenvalue weighted by atomic mass is 16.3. The average Bonchev–Trinajstić information content (AvgIpc) is 2.90. The number of rotatable bonds is 1. The fourth-order valence-electron chi connectivity index (χ4n) is 2.08. The van der Waals surface area contributed by atoms with Crippen molar-refractivity contribution in [2.75, 3.05) is 0 Å². The van der Waals surface area contributed by atoms with Crippen molar-refractivity contribution >= 4 is 10.9 Å². The number of nitrogens with zero attached hydrogens (tertiary/aromatic N) is 2. The highest BCUT2D eigenvalue weighted by Gasteiger charge is 2.29. The number of hydrogen-bond acceptors (Lipinski definition) is 2. The molecule has 0 aliphatic heterocycles. The van der Waals surface area contributed by atoms with Crippen molar-refractivity contribution < 1.29 is 5.11 Å².